The van der Waals surface area contributed by atoms with E-state index in [0.717, 1.165) is 18.5 Å². The molecule has 6 nitrogen and oxygen atoms in total. The molecule has 1 amide bonds. The van der Waals surface area contributed by atoms with Crippen LogP contribution in [0.15, 0.2) is 53.6 Å². The Morgan fingerprint density at radius 3 is 2.61 bits per heavy atom. The predicted molar refractivity (Wildman–Crippen MR) is 111 cm³/mol. The van der Waals surface area contributed by atoms with E-state index in [0.29, 0.717) is 17.7 Å². The number of amides is 1. The van der Waals surface area contributed by atoms with E-state index in [4.69, 9.17) is 0 Å². The molecule has 1 heterocycles. The Hall–Kier alpha value is -2.64. The van der Waals surface area contributed by atoms with E-state index in [9.17, 15) is 13.2 Å². The van der Waals surface area contributed by atoms with Crippen LogP contribution in [0.4, 0.5) is 0 Å². The second-order valence-electron chi connectivity index (χ2n) is 6.80. The van der Waals surface area contributed by atoms with Crippen molar-refractivity contribution in [2.45, 2.75) is 31.7 Å². The SMILES string of the molecule is CNS(=O)(=O)c1cc(C(=O)NCCCn2ccc3ccccc32)cc(C)c1C. The topological polar surface area (TPSA) is 80.2 Å². The summed E-state index contributed by atoms with van der Waals surface area (Å²) in [4.78, 5) is 12.7. The third kappa shape index (κ3) is 4.10. The van der Waals surface area contributed by atoms with Gasteiger partial charge in [-0.05, 0) is 68.1 Å². The van der Waals surface area contributed by atoms with Crippen LogP contribution in [0.25, 0.3) is 10.9 Å². The van der Waals surface area contributed by atoms with Crippen LogP contribution in [-0.4, -0.2) is 32.5 Å². The number of fused-ring (bicyclic) bond motifs is 1. The Morgan fingerprint density at radius 1 is 1.11 bits per heavy atom. The fourth-order valence-electron chi connectivity index (χ4n) is 3.24. The molecule has 0 bridgehead atoms. The first-order valence-corrected chi connectivity index (χ1v) is 10.7. The number of aromatic nitrogens is 1. The molecular formula is C21H25N3O3S. The third-order valence-electron chi connectivity index (χ3n) is 4.98. The van der Waals surface area contributed by atoms with E-state index in [1.807, 2.05) is 18.3 Å². The number of benzene rings is 2. The van der Waals surface area contributed by atoms with E-state index < -0.39 is 10.0 Å². The number of para-hydroxylation sites is 1. The molecule has 3 rings (SSSR count). The van der Waals surface area contributed by atoms with Gasteiger partial charge in [-0.25, -0.2) is 13.1 Å². The smallest absolute Gasteiger partial charge is 0.251 e. The number of carbonyl (C=O) groups excluding carboxylic acids is 1. The van der Waals surface area contributed by atoms with E-state index in [-0.39, 0.29) is 10.8 Å². The summed E-state index contributed by atoms with van der Waals surface area (Å²) in [6.45, 7) is 4.84. The number of hydrogen-bond donors (Lipinski definition) is 2. The molecule has 0 spiro atoms. The molecule has 0 saturated carbocycles. The van der Waals surface area contributed by atoms with Crippen molar-refractivity contribution in [3.8, 4) is 0 Å². The molecular weight excluding hydrogens is 374 g/mol. The molecule has 0 radical (unpaired) electrons. The van der Waals surface area contributed by atoms with E-state index in [1.165, 1.54) is 24.0 Å². The number of nitrogens with zero attached hydrogens (tertiary/aromatic N) is 1. The first kappa shape index (κ1) is 20.1. The quantitative estimate of drug-likeness (QED) is 0.600. The maximum absolute atomic E-state index is 12.5. The summed E-state index contributed by atoms with van der Waals surface area (Å²) in [5.41, 5.74) is 2.93. The average Bonchev–Trinajstić information content (AvgIpc) is 3.10. The van der Waals surface area contributed by atoms with Crippen LogP contribution in [0, 0.1) is 13.8 Å². The van der Waals surface area contributed by atoms with Gasteiger partial charge in [0.1, 0.15) is 0 Å². The minimum Gasteiger partial charge on any atom is -0.352 e. The highest BCUT2D eigenvalue weighted by atomic mass is 32.2. The number of rotatable bonds is 7. The molecule has 0 atom stereocenters. The van der Waals surface area contributed by atoms with Crippen molar-refractivity contribution in [2.75, 3.05) is 13.6 Å². The maximum Gasteiger partial charge on any atom is 0.251 e. The van der Waals surface area contributed by atoms with Crippen LogP contribution in [0.2, 0.25) is 0 Å². The molecule has 1 aromatic heterocycles. The fourth-order valence-corrected chi connectivity index (χ4v) is 4.30. The zero-order valence-corrected chi connectivity index (χ0v) is 17.1. The van der Waals surface area contributed by atoms with Crippen LogP contribution in [0.1, 0.15) is 27.9 Å². The average molecular weight is 400 g/mol. The standard InChI is InChI=1S/C21H25N3O3S/c1-15-13-18(14-20(16(15)2)28(26,27)22-3)21(25)23-10-6-11-24-12-9-17-7-4-5-8-19(17)24/h4-5,7-9,12-14,22H,6,10-11H2,1-3H3,(H,23,25). The van der Waals surface area contributed by atoms with Crippen LogP contribution in [-0.2, 0) is 16.6 Å². The number of hydrogen-bond acceptors (Lipinski definition) is 3. The molecule has 0 aliphatic rings. The normalized spacial score (nSPS) is 11.7. The molecule has 0 unspecified atom stereocenters. The molecule has 148 valence electrons. The van der Waals surface area contributed by atoms with Crippen molar-refractivity contribution in [3.63, 3.8) is 0 Å². The lowest BCUT2D eigenvalue weighted by molar-refractivity contribution is 0.0952. The fraction of sp³-hybridized carbons (Fsp3) is 0.286. The molecule has 7 heteroatoms. The van der Waals surface area contributed by atoms with Gasteiger partial charge in [0.25, 0.3) is 5.91 Å². The Kier molecular flexibility index (Phi) is 5.86. The Bertz CT molecular complexity index is 1120. The summed E-state index contributed by atoms with van der Waals surface area (Å²) in [5.74, 6) is -0.270. The monoisotopic (exact) mass is 399 g/mol. The second-order valence-corrected chi connectivity index (χ2v) is 8.66. The lowest BCUT2D eigenvalue weighted by Crippen LogP contribution is -2.26. The van der Waals surface area contributed by atoms with Crippen LogP contribution < -0.4 is 10.0 Å². The van der Waals surface area contributed by atoms with Crippen molar-refractivity contribution >= 4 is 26.8 Å². The summed E-state index contributed by atoms with van der Waals surface area (Å²) < 4.78 is 28.9. The summed E-state index contributed by atoms with van der Waals surface area (Å²) in [7, 11) is -2.25. The summed E-state index contributed by atoms with van der Waals surface area (Å²) in [5, 5.41) is 4.08. The van der Waals surface area contributed by atoms with Gasteiger partial charge in [0.05, 0.1) is 4.90 Å². The Labute approximate surface area is 165 Å². The number of carbonyl (C=O) groups is 1. The van der Waals surface area contributed by atoms with Gasteiger partial charge in [-0.3, -0.25) is 4.79 Å². The first-order valence-electron chi connectivity index (χ1n) is 9.20. The van der Waals surface area contributed by atoms with Crippen molar-refractivity contribution in [1.82, 2.24) is 14.6 Å². The molecule has 3 aromatic rings. The Balaban J connectivity index is 1.65. The zero-order valence-electron chi connectivity index (χ0n) is 16.3. The van der Waals surface area contributed by atoms with Crippen LogP contribution in [0.5, 0.6) is 0 Å². The van der Waals surface area contributed by atoms with Gasteiger partial charge in [0.2, 0.25) is 10.0 Å². The van der Waals surface area contributed by atoms with Gasteiger partial charge in [0, 0.05) is 30.4 Å². The minimum atomic E-state index is -3.62. The largest absolute Gasteiger partial charge is 0.352 e. The van der Waals surface area contributed by atoms with Gasteiger partial charge in [-0.1, -0.05) is 18.2 Å². The van der Waals surface area contributed by atoms with Crippen LogP contribution >= 0.6 is 0 Å². The lowest BCUT2D eigenvalue weighted by Gasteiger charge is -2.13. The predicted octanol–water partition coefficient (Wildman–Crippen LogP) is 2.99. The molecule has 0 saturated heterocycles. The summed E-state index contributed by atoms with van der Waals surface area (Å²) in [6, 6.07) is 13.4. The molecule has 28 heavy (non-hydrogen) atoms. The minimum absolute atomic E-state index is 0.138. The molecule has 0 fully saturated rings. The number of aryl methyl sites for hydroxylation is 2. The highest BCUT2D eigenvalue weighted by molar-refractivity contribution is 7.89. The van der Waals surface area contributed by atoms with Crippen molar-refractivity contribution in [3.05, 3.63) is 65.4 Å². The van der Waals surface area contributed by atoms with Gasteiger partial charge in [-0.15, -0.1) is 0 Å². The lowest BCUT2D eigenvalue weighted by atomic mass is 10.1. The third-order valence-corrected chi connectivity index (χ3v) is 6.52. The van der Waals surface area contributed by atoms with Gasteiger partial charge < -0.3 is 9.88 Å². The number of sulfonamides is 1. The van der Waals surface area contributed by atoms with Crippen molar-refractivity contribution < 1.29 is 13.2 Å². The molecule has 0 aliphatic heterocycles. The van der Waals surface area contributed by atoms with E-state index >= 15 is 0 Å². The molecule has 2 aromatic carbocycles. The van der Waals surface area contributed by atoms with Crippen LogP contribution in [0.3, 0.4) is 0 Å². The molecule has 0 aliphatic carbocycles. The second kappa shape index (κ2) is 8.16. The highest BCUT2D eigenvalue weighted by Gasteiger charge is 2.19. The van der Waals surface area contributed by atoms with Gasteiger partial charge in [-0.2, -0.15) is 0 Å². The van der Waals surface area contributed by atoms with E-state index in [1.54, 1.807) is 19.9 Å². The first-order chi connectivity index (χ1) is 13.3. The zero-order chi connectivity index (χ0) is 20.3. The van der Waals surface area contributed by atoms with Crippen molar-refractivity contribution in [2.24, 2.45) is 0 Å². The summed E-state index contributed by atoms with van der Waals surface area (Å²) >= 11 is 0. The van der Waals surface area contributed by atoms with Gasteiger partial charge >= 0.3 is 0 Å². The maximum atomic E-state index is 12.5. The van der Waals surface area contributed by atoms with Gasteiger partial charge in [0.15, 0.2) is 0 Å². The van der Waals surface area contributed by atoms with Crippen molar-refractivity contribution in [1.29, 1.82) is 0 Å². The number of nitrogens with one attached hydrogen (secondary N) is 2. The Morgan fingerprint density at radius 2 is 1.86 bits per heavy atom. The highest BCUT2D eigenvalue weighted by Crippen LogP contribution is 2.21. The van der Waals surface area contributed by atoms with E-state index in [2.05, 4.69) is 32.8 Å². The molecule has 2 N–H and O–H groups in total. The summed E-state index contributed by atoms with van der Waals surface area (Å²) in [6.07, 6.45) is 2.82.